The van der Waals surface area contributed by atoms with Crippen LogP contribution in [0.4, 0.5) is 34.1 Å². The molecule has 4 nitrogen and oxygen atoms in total. The van der Waals surface area contributed by atoms with E-state index in [4.69, 9.17) is 0 Å². The third kappa shape index (κ3) is 7.19. The fourth-order valence-electron chi connectivity index (χ4n) is 8.14. The average Bonchev–Trinajstić information content (AvgIpc) is 3.33. The van der Waals surface area contributed by atoms with Gasteiger partial charge >= 0.3 is 0 Å². The highest BCUT2D eigenvalue weighted by atomic mass is 15.1. The zero-order valence-electron chi connectivity index (χ0n) is 32.9. The maximum absolute atomic E-state index is 4.56. The summed E-state index contributed by atoms with van der Waals surface area (Å²) in [5.74, 6) is 0. The highest BCUT2D eigenvalue weighted by molar-refractivity contribution is 6.07. The van der Waals surface area contributed by atoms with Crippen molar-refractivity contribution in [3.8, 4) is 22.3 Å². The van der Waals surface area contributed by atoms with E-state index >= 15 is 0 Å². The van der Waals surface area contributed by atoms with Crippen LogP contribution in [0.5, 0.6) is 0 Å². The van der Waals surface area contributed by atoms with Gasteiger partial charge in [-0.25, -0.2) is 0 Å². The van der Waals surface area contributed by atoms with Gasteiger partial charge in [0.1, 0.15) is 0 Å². The van der Waals surface area contributed by atoms with Crippen LogP contribution in [0.1, 0.15) is 11.1 Å². The molecule has 0 aliphatic heterocycles. The van der Waals surface area contributed by atoms with Gasteiger partial charge in [-0.3, -0.25) is 9.97 Å². The lowest BCUT2D eigenvalue weighted by molar-refractivity contribution is 1.29. The van der Waals surface area contributed by atoms with Crippen molar-refractivity contribution >= 4 is 67.8 Å². The first kappa shape index (κ1) is 36.3. The van der Waals surface area contributed by atoms with Gasteiger partial charge in [-0.2, -0.15) is 0 Å². The smallest absolute Gasteiger partial charge is 0.0541 e. The predicted molar refractivity (Wildman–Crippen MR) is 253 cm³/mol. The van der Waals surface area contributed by atoms with Gasteiger partial charge < -0.3 is 9.80 Å². The molecule has 2 heterocycles. The molecule has 10 rings (SSSR count). The number of hydrogen-bond acceptors (Lipinski definition) is 4. The van der Waals surface area contributed by atoms with Crippen LogP contribution in [0.3, 0.4) is 0 Å². The zero-order chi connectivity index (χ0) is 40.1. The number of pyridine rings is 2. The molecule has 0 atom stereocenters. The Hall–Kier alpha value is -8.08. The highest BCUT2D eigenvalue weighted by Crippen LogP contribution is 2.43. The largest absolute Gasteiger partial charge is 0.310 e. The summed E-state index contributed by atoms with van der Waals surface area (Å²) in [5, 5.41) is 4.50. The predicted octanol–water partition coefficient (Wildman–Crippen LogP) is 15.2. The standard InChI is InChI=1S/C56H40N4/c1-5-13-45(14-6-1)59(46-15-7-2-8-16-46)55-33-31-49(53-39-57-37-35-51(53)55)43-27-23-41(24-28-43)21-22-42-25-29-44(30-26-42)50-32-34-56(52-36-38-58-40-54(50)52)60(47-17-9-3-10-18-47)48-19-11-4-12-20-48/h1-40H/b22-21+. The summed E-state index contributed by atoms with van der Waals surface area (Å²) in [7, 11) is 0. The van der Waals surface area contributed by atoms with Crippen LogP contribution in [-0.4, -0.2) is 9.97 Å². The van der Waals surface area contributed by atoms with E-state index < -0.39 is 0 Å². The quantitative estimate of drug-likeness (QED) is 0.130. The van der Waals surface area contributed by atoms with Crippen molar-refractivity contribution in [1.82, 2.24) is 9.97 Å². The number of para-hydroxylation sites is 4. The van der Waals surface area contributed by atoms with E-state index in [1.54, 1.807) is 0 Å². The van der Waals surface area contributed by atoms with E-state index in [1.807, 2.05) is 24.8 Å². The number of nitrogens with zero attached hydrogens (tertiary/aromatic N) is 4. The minimum absolute atomic E-state index is 1.11. The number of aromatic nitrogens is 2. The van der Waals surface area contributed by atoms with Gasteiger partial charge in [0.25, 0.3) is 0 Å². The van der Waals surface area contributed by atoms with Crippen molar-refractivity contribution in [3.05, 3.63) is 242 Å². The minimum atomic E-state index is 1.11. The van der Waals surface area contributed by atoms with E-state index in [-0.39, 0.29) is 0 Å². The fraction of sp³-hybridized carbons (Fsp3) is 0. The number of hydrogen-bond donors (Lipinski definition) is 0. The number of rotatable bonds is 10. The van der Waals surface area contributed by atoms with E-state index in [9.17, 15) is 0 Å². The first-order valence-corrected chi connectivity index (χ1v) is 20.2. The van der Waals surface area contributed by atoms with E-state index in [0.717, 1.165) is 89.0 Å². The molecule has 0 bridgehead atoms. The Bertz CT molecular complexity index is 2770. The Labute approximate surface area is 350 Å². The molecule has 0 amide bonds. The van der Waals surface area contributed by atoms with Crippen LogP contribution in [0.15, 0.2) is 231 Å². The monoisotopic (exact) mass is 768 g/mol. The van der Waals surface area contributed by atoms with Gasteiger partial charge in [-0.15, -0.1) is 0 Å². The van der Waals surface area contributed by atoms with Gasteiger partial charge in [0.2, 0.25) is 0 Å². The van der Waals surface area contributed by atoms with Crippen molar-refractivity contribution in [2.24, 2.45) is 0 Å². The lowest BCUT2D eigenvalue weighted by Crippen LogP contribution is -2.10. The van der Waals surface area contributed by atoms with Crippen molar-refractivity contribution in [1.29, 1.82) is 0 Å². The second kappa shape index (κ2) is 16.4. The van der Waals surface area contributed by atoms with Crippen molar-refractivity contribution in [2.45, 2.75) is 0 Å². The molecule has 284 valence electrons. The van der Waals surface area contributed by atoms with Crippen molar-refractivity contribution in [2.75, 3.05) is 9.80 Å². The minimum Gasteiger partial charge on any atom is -0.310 e. The Morgan fingerprint density at radius 1 is 0.300 bits per heavy atom. The first-order valence-electron chi connectivity index (χ1n) is 20.2. The number of fused-ring (bicyclic) bond motifs is 2. The fourth-order valence-corrected chi connectivity index (χ4v) is 8.14. The summed E-state index contributed by atoms with van der Waals surface area (Å²) in [5.41, 5.74) is 13.5. The summed E-state index contributed by atoms with van der Waals surface area (Å²) in [4.78, 5) is 13.8. The molecular weight excluding hydrogens is 729 g/mol. The molecule has 0 aliphatic carbocycles. The Morgan fingerprint density at radius 2 is 0.633 bits per heavy atom. The van der Waals surface area contributed by atoms with Crippen molar-refractivity contribution < 1.29 is 0 Å². The summed E-state index contributed by atoms with van der Waals surface area (Å²) >= 11 is 0. The van der Waals surface area contributed by atoms with Gasteiger partial charge in [0.05, 0.1) is 11.4 Å². The molecule has 0 fully saturated rings. The SMILES string of the molecule is C(=C\c1ccc(-c2ccc(N(c3ccccc3)c3ccccc3)c3ccncc23)cc1)/c1ccc(-c2ccc(N(c3ccccc3)c3ccccc3)c3ccncc23)cc1. The Kier molecular flexibility index (Phi) is 9.92. The first-order chi connectivity index (χ1) is 29.8. The molecular formula is C56H40N4. The van der Waals surface area contributed by atoms with Crippen LogP contribution in [-0.2, 0) is 0 Å². The summed E-state index contributed by atoms with van der Waals surface area (Å²) < 4.78 is 0. The lowest BCUT2D eigenvalue weighted by Gasteiger charge is -2.27. The Morgan fingerprint density at radius 3 is 0.967 bits per heavy atom. The molecule has 0 saturated carbocycles. The number of benzene rings is 8. The third-order valence-electron chi connectivity index (χ3n) is 11.0. The van der Waals surface area contributed by atoms with Crippen LogP contribution in [0.2, 0.25) is 0 Å². The van der Waals surface area contributed by atoms with Crippen molar-refractivity contribution in [3.63, 3.8) is 0 Å². The molecule has 0 N–H and O–H groups in total. The van der Waals surface area contributed by atoms with Crippen LogP contribution in [0.25, 0.3) is 56.0 Å². The van der Waals surface area contributed by atoms with E-state index in [0.29, 0.717) is 0 Å². The number of anilines is 6. The molecule has 0 unspecified atom stereocenters. The molecule has 0 aliphatic rings. The molecule has 10 aromatic rings. The topological polar surface area (TPSA) is 32.3 Å². The van der Waals surface area contributed by atoms with Crippen LogP contribution < -0.4 is 9.80 Å². The summed E-state index contributed by atoms with van der Waals surface area (Å²) in [6.07, 6.45) is 12.1. The van der Waals surface area contributed by atoms with Gasteiger partial charge in [-0.05, 0) is 106 Å². The molecule has 0 spiro atoms. The molecule has 0 saturated heterocycles. The van der Waals surface area contributed by atoms with Gasteiger partial charge in [0.15, 0.2) is 0 Å². The summed E-state index contributed by atoms with van der Waals surface area (Å²) in [6, 6.07) is 72.8. The molecule has 4 heteroatoms. The molecule has 60 heavy (non-hydrogen) atoms. The second-order valence-electron chi connectivity index (χ2n) is 14.7. The normalized spacial score (nSPS) is 11.3. The maximum Gasteiger partial charge on any atom is 0.0541 e. The van der Waals surface area contributed by atoms with Crippen LogP contribution in [0, 0.1) is 0 Å². The van der Waals surface area contributed by atoms with E-state index in [2.05, 4.69) is 238 Å². The third-order valence-corrected chi connectivity index (χ3v) is 11.0. The second-order valence-corrected chi connectivity index (χ2v) is 14.7. The molecule has 8 aromatic carbocycles. The average molecular weight is 769 g/mol. The lowest BCUT2D eigenvalue weighted by atomic mass is 9.96. The van der Waals surface area contributed by atoms with Crippen LogP contribution >= 0.6 is 0 Å². The zero-order valence-corrected chi connectivity index (χ0v) is 32.9. The highest BCUT2D eigenvalue weighted by Gasteiger charge is 2.19. The van der Waals surface area contributed by atoms with Gasteiger partial charge in [0, 0.05) is 69.1 Å². The van der Waals surface area contributed by atoms with Gasteiger partial charge in [-0.1, -0.05) is 146 Å². The summed E-state index contributed by atoms with van der Waals surface area (Å²) in [6.45, 7) is 0. The molecule has 2 aromatic heterocycles. The van der Waals surface area contributed by atoms with E-state index in [1.165, 1.54) is 0 Å². The molecule has 0 radical (unpaired) electrons. The maximum atomic E-state index is 4.56. The Balaban J connectivity index is 0.912.